The van der Waals surface area contributed by atoms with E-state index in [9.17, 15) is 31.1 Å². The first-order chi connectivity index (χ1) is 17.9. The summed E-state index contributed by atoms with van der Waals surface area (Å²) in [4.78, 5) is 17.9. The quantitative estimate of drug-likeness (QED) is 0.399. The number of alkyl halides is 6. The second-order valence-electron chi connectivity index (χ2n) is 9.95. The van der Waals surface area contributed by atoms with Crippen molar-refractivity contribution in [2.24, 2.45) is 0 Å². The second-order valence-corrected chi connectivity index (χ2v) is 10.4. The highest BCUT2D eigenvalue weighted by atomic mass is 35.5. The Kier molecular flexibility index (Phi) is 8.94. The molecule has 1 atom stereocenters. The molecule has 1 heterocycles. The van der Waals surface area contributed by atoms with Crippen molar-refractivity contribution in [1.29, 1.82) is 0 Å². The van der Waals surface area contributed by atoms with E-state index < -0.39 is 42.0 Å². The van der Waals surface area contributed by atoms with Crippen LogP contribution in [0.1, 0.15) is 60.4 Å². The van der Waals surface area contributed by atoms with Gasteiger partial charge in [0.25, 0.3) is 0 Å². The normalized spacial score (nSPS) is 19.3. The fourth-order valence-corrected chi connectivity index (χ4v) is 5.62. The van der Waals surface area contributed by atoms with Crippen molar-refractivity contribution >= 4 is 17.5 Å². The Bertz CT molecular complexity index is 1080. The predicted molar refractivity (Wildman–Crippen MR) is 133 cm³/mol. The predicted octanol–water partition coefficient (Wildman–Crippen LogP) is 6.69. The van der Waals surface area contributed by atoms with Crippen molar-refractivity contribution in [2.45, 2.75) is 63.1 Å². The summed E-state index contributed by atoms with van der Waals surface area (Å²) in [7, 11) is 0. The zero-order valence-corrected chi connectivity index (χ0v) is 21.5. The Morgan fingerprint density at radius 1 is 0.895 bits per heavy atom. The average molecular weight is 562 g/mol. The second kappa shape index (κ2) is 11.8. The summed E-state index contributed by atoms with van der Waals surface area (Å²) in [5.41, 5.74) is -2.50. The molecule has 1 aliphatic carbocycles. The van der Waals surface area contributed by atoms with Gasteiger partial charge in [-0.3, -0.25) is 14.6 Å². The number of benzene rings is 2. The SMILES string of the molecule is O=C(NCc1cc(C(F)(F)F)cc(C(F)(F)F)c1)C(c1cccc(Cl)c1)N1CCN(C2CCCCC2)CC1. The summed E-state index contributed by atoms with van der Waals surface area (Å²) in [5.74, 6) is -0.510. The minimum Gasteiger partial charge on any atom is -0.350 e. The Morgan fingerprint density at radius 3 is 2.05 bits per heavy atom. The van der Waals surface area contributed by atoms with E-state index >= 15 is 0 Å². The van der Waals surface area contributed by atoms with Crippen LogP contribution in [0.4, 0.5) is 26.3 Å². The molecule has 1 saturated carbocycles. The molecule has 0 aromatic heterocycles. The van der Waals surface area contributed by atoms with Crippen LogP contribution in [0, 0.1) is 0 Å². The smallest absolute Gasteiger partial charge is 0.350 e. The highest BCUT2D eigenvalue weighted by Gasteiger charge is 2.37. The number of carbonyl (C=O) groups excluding carboxylic acids is 1. The van der Waals surface area contributed by atoms with Gasteiger partial charge in [0.15, 0.2) is 0 Å². The molecule has 38 heavy (non-hydrogen) atoms. The van der Waals surface area contributed by atoms with Gasteiger partial charge in [0.2, 0.25) is 5.91 Å². The third-order valence-corrected chi connectivity index (χ3v) is 7.57. The molecule has 2 aliphatic rings. The molecule has 1 saturated heterocycles. The molecule has 2 aromatic rings. The lowest BCUT2D eigenvalue weighted by Gasteiger charge is -2.43. The van der Waals surface area contributed by atoms with Gasteiger partial charge in [0.1, 0.15) is 6.04 Å². The molecule has 11 heteroatoms. The van der Waals surface area contributed by atoms with Gasteiger partial charge in [-0.05, 0) is 54.3 Å². The van der Waals surface area contributed by atoms with E-state index in [2.05, 4.69) is 10.2 Å². The van der Waals surface area contributed by atoms with Crippen molar-refractivity contribution in [3.63, 3.8) is 0 Å². The number of carbonyl (C=O) groups is 1. The summed E-state index contributed by atoms with van der Waals surface area (Å²) in [6, 6.07) is 7.87. The topological polar surface area (TPSA) is 35.6 Å². The molecule has 208 valence electrons. The Morgan fingerprint density at radius 2 is 1.50 bits per heavy atom. The molecule has 0 bridgehead atoms. The number of piperazine rings is 1. The lowest BCUT2D eigenvalue weighted by atomic mass is 9.93. The molecule has 0 radical (unpaired) electrons. The zero-order chi connectivity index (χ0) is 27.5. The molecule has 1 aliphatic heterocycles. The molecule has 4 nitrogen and oxygen atoms in total. The number of hydrogen-bond acceptors (Lipinski definition) is 3. The van der Waals surface area contributed by atoms with E-state index in [0.717, 1.165) is 25.9 Å². The van der Waals surface area contributed by atoms with Gasteiger partial charge in [0, 0.05) is 43.8 Å². The molecule has 0 spiro atoms. The van der Waals surface area contributed by atoms with Gasteiger partial charge in [-0.25, -0.2) is 0 Å². The lowest BCUT2D eigenvalue weighted by Crippen LogP contribution is -2.53. The van der Waals surface area contributed by atoms with Crippen LogP contribution in [0.3, 0.4) is 0 Å². The van der Waals surface area contributed by atoms with Crippen molar-refractivity contribution in [3.05, 3.63) is 69.7 Å². The van der Waals surface area contributed by atoms with E-state index in [0.29, 0.717) is 41.9 Å². The van der Waals surface area contributed by atoms with E-state index in [1.165, 1.54) is 19.3 Å². The molecular weight excluding hydrogens is 532 g/mol. The van der Waals surface area contributed by atoms with Gasteiger partial charge < -0.3 is 5.32 Å². The molecule has 1 N–H and O–H groups in total. The molecule has 1 unspecified atom stereocenters. The van der Waals surface area contributed by atoms with Crippen LogP contribution in [0.2, 0.25) is 5.02 Å². The van der Waals surface area contributed by atoms with E-state index in [1.54, 1.807) is 24.3 Å². The van der Waals surface area contributed by atoms with E-state index in [4.69, 9.17) is 11.6 Å². The number of rotatable bonds is 6. The Hall–Kier alpha value is -2.30. The molecular formula is C27H30ClF6N3O. The highest BCUT2D eigenvalue weighted by Crippen LogP contribution is 2.36. The minimum atomic E-state index is -4.96. The molecule has 1 amide bonds. The molecule has 2 fully saturated rings. The first kappa shape index (κ1) is 28.7. The van der Waals surface area contributed by atoms with Crippen LogP contribution in [-0.4, -0.2) is 47.9 Å². The summed E-state index contributed by atoms with van der Waals surface area (Å²) in [6.07, 6.45) is -3.91. The van der Waals surface area contributed by atoms with Crippen LogP contribution in [0.25, 0.3) is 0 Å². The maximum absolute atomic E-state index is 13.4. The third-order valence-electron chi connectivity index (χ3n) is 7.33. The van der Waals surface area contributed by atoms with E-state index in [-0.39, 0.29) is 11.6 Å². The Labute approximate surface area is 222 Å². The number of nitrogens with one attached hydrogen (secondary N) is 1. The highest BCUT2D eigenvalue weighted by molar-refractivity contribution is 6.30. The number of halogens is 7. The monoisotopic (exact) mass is 561 g/mol. The lowest BCUT2D eigenvalue weighted by molar-refractivity contribution is -0.143. The first-order valence-corrected chi connectivity index (χ1v) is 13.1. The van der Waals surface area contributed by atoms with E-state index in [1.807, 2.05) is 4.90 Å². The summed E-state index contributed by atoms with van der Waals surface area (Å²) in [6.45, 7) is 2.27. The summed E-state index contributed by atoms with van der Waals surface area (Å²) < 4.78 is 79.5. The van der Waals surface area contributed by atoms with Gasteiger partial charge >= 0.3 is 12.4 Å². The fraction of sp³-hybridized carbons (Fsp3) is 0.519. The standard InChI is InChI=1S/C27H30ClF6N3O/c28-22-6-4-5-19(15-22)24(37-11-9-36(10-12-37)23-7-2-1-3-8-23)25(38)35-17-18-13-20(26(29,30)31)16-21(14-18)27(32,33)34/h4-6,13-16,23-24H,1-3,7-12,17H2,(H,35,38). The molecule has 2 aromatic carbocycles. The fourth-order valence-electron chi connectivity index (χ4n) is 5.42. The van der Waals surface area contributed by atoms with Crippen molar-refractivity contribution in [3.8, 4) is 0 Å². The number of nitrogens with zero attached hydrogens (tertiary/aromatic N) is 2. The number of hydrogen-bond donors (Lipinski definition) is 1. The number of amides is 1. The minimum absolute atomic E-state index is 0.0753. The third kappa shape index (κ3) is 7.21. The zero-order valence-electron chi connectivity index (χ0n) is 20.7. The van der Waals surface area contributed by atoms with Gasteiger partial charge in [0.05, 0.1) is 11.1 Å². The van der Waals surface area contributed by atoms with Gasteiger partial charge in [-0.2, -0.15) is 26.3 Å². The summed E-state index contributed by atoms with van der Waals surface area (Å²) in [5, 5.41) is 3.00. The van der Waals surface area contributed by atoms with Crippen molar-refractivity contribution in [2.75, 3.05) is 26.2 Å². The molecule has 4 rings (SSSR count). The van der Waals surface area contributed by atoms with Crippen LogP contribution in [-0.2, 0) is 23.7 Å². The average Bonchev–Trinajstić information content (AvgIpc) is 2.87. The van der Waals surface area contributed by atoms with Crippen LogP contribution in [0.15, 0.2) is 42.5 Å². The largest absolute Gasteiger partial charge is 0.416 e. The van der Waals surface area contributed by atoms with Gasteiger partial charge in [-0.1, -0.05) is 43.0 Å². The van der Waals surface area contributed by atoms with Crippen molar-refractivity contribution in [1.82, 2.24) is 15.1 Å². The van der Waals surface area contributed by atoms with Gasteiger partial charge in [-0.15, -0.1) is 0 Å². The maximum Gasteiger partial charge on any atom is 0.416 e. The maximum atomic E-state index is 13.4. The van der Waals surface area contributed by atoms with Crippen LogP contribution in [0.5, 0.6) is 0 Å². The summed E-state index contributed by atoms with van der Waals surface area (Å²) >= 11 is 6.18. The van der Waals surface area contributed by atoms with Crippen LogP contribution >= 0.6 is 11.6 Å². The van der Waals surface area contributed by atoms with Crippen molar-refractivity contribution < 1.29 is 31.1 Å². The Balaban J connectivity index is 1.52. The van der Waals surface area contributed by atoms with Crippen LogP contribution < -0.4 is 5.32 Å². The first-order valence-electron chi connectivity index (χ1n) is 12.7.